The van der Waals surface area contributed by atoms with Crippen LogP contribution in [-0.4, -0.2) is 37.0 Å². The molecule has 0 bridgehead atoms. The fraction of sp³-hybridized carbons (Fsp3) is 0.565. The number of allylic oxidation sites excluding steroid dienone is 2. The molecule has 5 nitrogen and oxygen atoms in total. The normalized spacial score (nSPS) is 26.7. The number of amides is 1. The fourth-order valence-corrected chi connectivity index (χ4v) is 4.47. The largest absolute Gasteiger partial charge is 0.497 e. The Morgan fingerprint density at radius 2 is 1.96 bits per heavy atom. The summed E-state index contributed by atoms with van der Waals surface area (Å²) >= 11 is 0. The monoisotopic (exact) mass is 385 g/mol. The van der Waals surface area contributed by atoms with Gasteiger partial charge in [-0.15, -0.1) is 0 Å². The van der Waals surface area contributed by atoms with E-state index in [9.17, 15) is 9.59 Å². The summed E-state index contributed by atoms with van der Waals surface area (Å²) in [6, 6.07) is 7.94. The third-order valence-corrected chi connectivity index (χ3v) is 5.93. The van der Waals surface area contributed by atoms with Gasteiger partial charge >= 0.3 is 5.97 Å². The van der Waals surface area contributed by atoms with Crippen molar-refractivity contribution in [3.63, 3.8) is 0 Å². The van der Waals surface area contributed by atoms with Crippen LogP contribution in [0.25, 0.3) is 0 Å². The van der Waals surface area contributed by atoms with Gasteiger partial charge in [0, 0.05) is 12.5 Å². The first kappa shape index (κ1) is 20.4. The first-order valence-electron chi connectivity index (χ1n) is 10.4. The molecule has 0 spiro atoms. The molecule has 1 aliphatic carbocycles. The molecule has 0 unspecified atom stereocenters. The van der Waals surface area contributed by atoms with Crippen LogP contribution in [0.4, 0.5) is 0 Å². The first-order chi connectivity index (χ1) is 13.6. The van der Waals surface area contributed by atoms with Crippen LogP contribution in [0.1, 0.15) is 51.1 Å². The summed E-state index contributed by atoms with van der Waals surface area (Å²) in [4.78, 5) is 27.6. The zero-order chi connectivity index (χ0) is 20.1. The Kier molecular flexibility index (Phi) is 6.76. The number of hydrogen-bond donors (Lipinski definition) is 0. The third kappa shape index (κ3) is 3.94. The maximum absolute atomic E-state index is 13.1. The number of esters is 1. The molecule has 28 heavy (non-hydrogen) atoms. The molecule has 0 radical (unpaired) electrons. The first-order valence-corrected chi connectivity index (χ1v) is 10.4. The van der Waals surface area contributed by atoms with Crippen LogP contribution in [0.2, 0.25) is 0 Å². The molecule has 1 aliphatic heterocycles. The number of rotatable bonds is 8. The van der Waals surface area contributed by atoms with Crippen LogP contribution >= 0.6 is 0 Å². The SMILES string of the molecule is CCCCN1C(=O)[C@@H]([C@@H]2C=CCC[C@@H]2C(=O)OCC)[C@H]1c1ccc(OC)cc1. The molecule has 2 aliphatic rings. The van der Waals surface area contributed by atoms with E-state index < -0.39 is 0 Å². The molecule has 152 valence electrons. The number of ether oxygens (including phenoxy) is 2. The molecule has 3 rings (SSSR count). The molecular weight excluding hydrogens is 354 g/mol. The molecular formula is C23H31NO4. The Labute approximate surface area is 167 Å². The number of hydrogen-bond acceptors (Lipinski definition) is 4. The van der Waals surface area contributed by atoms with Gasteiger partial charge in [-0.25, -0.2) is 0 Å². The zero-order valence-corrected chi connectivity index (χ0v) is 17.1. The van der Waals surface area contributed by atoms with Crippen molar-refractivity contribution >= 4 is 11.9 Å². The van der Waals surface area contributed by atoms with E-state index in [0.717, 1.165) is 43.5 Å². The predicted octanol–water partition coefficient (Wildman–Crippen LogP) is 4.14. The Morgan fingerprint density at radius 1 is 1.21 bits per heavy atom. The van der Waals surface area contributed by atoms with Crippen LogP contribution in [0.3, 0.4) is 0 Å². The summed E-state index contributed by atoms with van der Waals surface area (Å²) in [5.41, 5.74) is 1.10. The van der Waals surface area contributed by atoms with Crippen LogP contribution < -0.4 is 4.74 Å². The quantitative estimate of drug-likeness (QED) is 0.383. The molecule has 1 fully saturated rings. The van der Waals surface area contributed by atoms with E-state index in [1.165, 1.54) is 0 Å². The Balaban J connectivity index is 1.89. The van der Waals surface area contributed by atoms with E-state index in [-0.39, 0.29) is 35.7 Å². The van der Waals surface area contributed by atoms with Crippen molar-refractivity contribution in [2.75, 3.05) is 20.3 Å². The van der Waals surface area contributed by atoms with Crippen molar-refractivity contribution in [1.29, 1.82) is 0 Å². The number of benzene rings is 1. The summed E-state index contributed by atoms with van der Waals surface area (Å²) in [5.74, 6) is 0.215. The number of methoxy groups -OCH3 is 1. The molecule has 0 N–H and O–H groups in total. The zero-order valence-electron chi connectivity index (χ0n) is 17.1. The highest BCUT2D eigenvalue weighted by molar-refractivity contribution is 5.88. The molecule has 1 heterocycles. The summed E-state index contributed by atoms with van der Waals surface area (Å²) in [6.07, 6.45) is 7.79. The molecule has 4 atom stereocenters. The van der Waals surface area contributed by atoms with E-state index in [2.05, 4.69) is 19.1 Å². The third-order valence-electron chi connectivity index (χ3n) is 5.93. The number of nitrogens with zero attached hydrogens (tertiary/aromatic N) is 1. The highest BCUT2D eigenvalue weighted by Crippen LogP contribution is 2.49. The molecule has 1 amide bonds. The maximum atomic E-state index is 13.1. The number of β-lactam (4-membered cyclic amide) rings is 1. The van der Waals surface area contributed by atoms with Crippen LogP contribution in [0, 0.1) is 17.8 Å². The summed E-state index contributed by atoms with van der Waals surface area (Å²) in [7, 11) is 1.65. The average Bonchev–Trinajstić information content (AvgIpc) is 2.72. The van der Waals surface area contributed by atoms with Crippen molar-refractivity contribution in [3.8, 4) is 5.75 Å². The molecule has 5 heteroatoms. The van der Waals surface area contributed by atoms with Gasteiger partial charge in [0.25, 0.3) is 0 Å². The van der Waals surface area contributed by atoms with Crippen molar-refractivity contribution in [2.45, 2.75) is 45.6 Å². The smallest absolute Gasteiger partial charge is 0.309 e. The summed E-state index contributed by atoms with van der Waals surface area (Å²) < 4.78 is 10.6. The lowest BCUT2D eigenvalue weighted by molar-refractivity contribution is -0.165. The highest BCUT2D eigenvalue weighted by Gasteiger charge is 2.53. The number of unbranched alkanes of at least 4 members (excludes halogenated alkanes) is 1. The Hall–Kier alpha value is -2.30. The lowest BCUT2D eigenvalue weighted by atomic mass is 9.67. The molecule has 1 saturated heterocycles. The lowest BCUT2D eigenvalue weighted by Crippen LogP contribution is -2.59. The topological polar surface area (TPSA) is 55.8 Å². The summed E-state index contributed by atoms with van der Waals surface area (Å²) in [5, 5.41) is 0. The standard InChI is InChI=1S/C23H31NO4/c1-4-6-15-24-21(16-11-13-17(27-3)14-12-16)20(22(24)25)18-9-7-8-10-19(18)23(26)28-5-2/h7,9,11-14,18-21H,4-6,8,10,15H2,1-3H3/t18-,19+,20+,21-/m1/s1. The van der Waals surface area contributed by atoms with Gasteiger partial charge in [0.1, 0.15) is 5.75 Å². The Bertz CT molecular complexity index is 712. The highest BCUT2D eigenvalue weighted by atomic mass is 16.5. The van der Waals surface area contributed by atoms with Gasteiger partial charge in [-0.05, 0) is 43.9 Å². The van der Waals surface area contributed by atoms with Crippen molar-refractivity contribution < 1.29 is 19.1 Å². The fourth-order valence-electron chi connectivity index (χ4n) is 4.47. The molecule has 0 aromatic heterocycles. The van der Waals surface area contributed by atoms with Gasteiger partial charge < -0.3 is 14.4 Å². The second-order valence-corrected chi connectivity index (χ2v) is 7.57. The van der Waals surface area contributed by atoms with Gasteiger partial charge in [0.15, 0.2) is 0 Å². The number of likely N-dealkylation sites (tertiary alicyclic amines) is 1. The lowest BCUT2D eigenvalue weighted by Gasteiger charge is -2.51. The van der Waals surface area contributed by atoms with Gasteiger partial charge in [-0.1, -0.05) is 37.6 Å². The Morgan fingerprint density at radius 3 is 2.61 bits per heavy atom. The van der Waals surface area contributed by atoms with Crippen LogP contribution in [0.5, 0.6) is 5.75 Å². The minimum absolute atomic E-state index is 0.00497. The van der Waals surface area contributed by atoms with Gasteiger partial charge in [0.2, 0.25) is 5.91 Å². The van der Waals surface area contributed by atoms with Crippen LogP contribution in [-0.2, 0) is 14.3 Å². The predicted molar refractivity (Wildman–Crippen MR) is 108 cm³/mol. The average molecular weight is 386 g/mol. The van der Waals surface area contributed by atoms with E-state index in [4.69, 9.17) is 9.47 Å². The minimum atomic E-state index is -0.243. The van der Waals surface area contributed by atoms with E-state index in [1.54, 1.807) is 7.11 Å². The second-order valence-electron chi connectivity index (χ2n) is 7.57. The summed E-state index contributed by atoms with van der Waals surface area (Å²) in [6.45, 7) is 5.08. The number of carbonyl (C=O) groups excluding carboxylic acids is 2. The van der Waals surface area contributed by atoms with Gasteiger partial charge in [0.05, 0.1) is 31.6 Å². The van der Waals surface area contributed by atoms with E-state index in [0.29, 0.717) is 6.61 Å². The number of carbonyl (C=O) groups is 2. The van der Waals surface area contributed by atoms with Gasteiger partial charge in [-0.3, -0.25) is 9.59 Å². The molecule has 0 saturated carbocycles. The van der Waals surface area contributed by atoms with Crippen molar-refractivity contribution in [2.24, 2.45) is 17.8 Å². The van der Waals surface area contributed by atoms with Gasteiger partial charge in [-0.2, -0.15) is 0 Å². The second kappa shape index (κ2) is 9.26. The van der Waals surface area contributed by atoms with Crippen molar-refractivity contribution in [3.05, 3.63) is 42.0 Å². The van der Waals surface area contributed by atoms with Crippen molar-refractivity contribution in [1.82, 2.24) is 4.90 Å². The minimum Gasteiger partial charge on any atom is -0.497 e. The van der Waals surface area contributed by atoms with E-state index >= 15 is 0 Å². The molecule has 1 aromatic carbocycles. The molecule has 1 aromatic rings. The maximum Gasteiger partial charge on any atom is 0.309 e. The van der Waals surface area contributed by atoms with Crippen LogP contribution in [0.15, 0.2) is 36.4 Å². The van der Waals surface area contributed by atoms with E-state index in [1.807, 2.05) is 36.1 Å².